The highest BCUT2D eigenvalue weighted by molar-refractivity contribution is 7.89. The van der Waals surface area contributed by atoms with Gasteiger partial charge in [-0.1, -0.05) is 24.4 Å². The van der Waals surface area contributed by atoms with Crippen molar-refractivity contribution < 1.29 is 22.0 Å². The van der Waals surface area contributed by atoms with Crippen molar-refractivity contribution in [1.82, 2.24) is 14.1 Å². The summed E-state index contributed by atoms with van der Waals surface area (Å²) in [6.45, 7) is 2.29. The van der Waals surface area contributed by atoms with Gasteiger partial charge in [0.05, 0.1) is 33.2 Å². The van der Waals surface area contributed by atoms with Crippen molar-refractivity contribution in [3.05, 3.63) is 75.2 Å². The first-order chi connectivity index (χ1) is 19.0. The third kappa shape index (κ3) is 5.61. The molecule has 1 saturated carbocycles. The van der Waals surface area contributed by atoms with Crippen molar-refractivity contribution in [3.8, 4) is 5.69 Å². The molecule has 1 aliphatic heterocycles. The zero-order valence-corrected chi connectivity index (χ0v) is 23.3. The summed E-state index contributed by atoms with van der Waals surface area (Å²) in [5.74, 6) is -1.96. The number of aromatic nitrogens is 2. The van der Waals surface area contributed by atoms with Gasteiger partial charge >= 0.3 is 0 Å². The minimum Gasteiger partial charge on any atom is -0.367 e. The molecule has 0 bridgehead atoms. The summed E-state index contributed by atoms with van der Waals surface area (Å²) < 4.78 is 56.8. The summed E-state index contributed by atoms with van der Waals surface area (Å²) in [4.78, 5) is 26.9. The summed E-state index contributed by atoms with van der Waals surface area (Å²) in [7, 11) is -3.86. The Morgan fingerprint density at radius 2 is 1.68 bits per heavy atom. The summed E-state index contributed by atoms with van der Waals surface area (Å²) >= 11 is 6.20. The summed E-state index contributed by atoms with van der Waals surface area (Å²) in [6.07, 6.45) is 5.09. The monoisotopic (exact) mass is 591 g/mol. The Hall–Kier alpha value is -3.35. The topological polar surface area (TPSA) is 105 Å². The molecule has 1 N–H and O–H groups in total. The minimum atomic E-state index is -3.86. The van der Waals surface area contributed by atoms with Gasteiger partial charge in [-0.05, 0) is 49.1 Å². The molecule has 1 amide bonds. The molecule has 0 atom stereocenters. The van der Waals surface area contributed by atoms with Crippen LogP contribution in [0.1, 0.15) is 44.1 Å². The zero-order valence-electron chi connectivity index (χ0n) is 21.7. The molecular weight excluding hydrogens is 564 g/mol. The van der Waals surface area contributed by atoms with Gasteiger partial charge in [0, 0.05) is 44.7 Å². The lowest BCUT2D eigenvalue weighted by Crippen LogP contribution is -2.49. The van der Waals surface area contributed by atoms with Gasteiger partial charge in [-0.3, -0.25) is 9.59 Å². The van der Waals surface area contributed by atoms with Gasteiger partial charge in [0.1, 0.15) is 11.6 Å². The lowest BCUT2D eigenvalue weighted by atomic mass is 9.97. The van der Waals surface area contributed by atoms with Crippen molar-refractivity contribution in [2.75, 3.05) is 36.4 Å². The Morgan fingerprint density at radius 3 is 2.27 bits per heavy atom. The van der Waals surface area contributed by atoms with E-state index >= 15 is 0 Å². The van der Waals surface area contributed by atoms with E-state index in [0.29, 0.717) is 30.0 Å². The third-order valence-corrected chi connectivity index (χ3v) is 9.53. The van der Waals surface area contributed by atoms with Crippen LogP contribution in [-0.4, -0.2) is 54.6 Å². The van der Waals surface area contributed by atoms with Gasteiger partial charge in [-0.2, -0.15) is 14.1 Å². The van der Waals surface area contributed by atoms with E-state index in [2.05, 4.69) is 10.4 Å². The second-order valence-electron chi connectivity index (χ2n) is 9.98. The lowest BCUT2D eigenvalue weighted by molar-refractivity contribution is -0.114. The number of sulfonamides is 1. The number of piperazine rings is 1. The zero-order chi connectivity index (χ0) is 28.6. The first kappa shape index (κ1) is 28.2. The minimum absolute atomic E-state index is 0.00684. The maximum atomic E-state index is 13.9. The van der Waals surface area contributed by atoms with Crippen LogP contribution >= 0.6 is 11.6 Å². The molecule has 2 aliphatic rings. The molecule has 9 nitrogen and oxygen atoms in total. The fourth-order valence-electron chi connectivity index (χ4n) is 5.42. The Morgan fingerprint density at radius 1 is 1.02 bits per heavy atom. The SMILES string of the molecule is CC(=O)Nc1ccc(S(=O)(=O)N2CCN(c3cnn(-c4cc(F)cc(F)c4)c(=O)c3C3CCCC3)CC2)cc1Cl. The normalized spacial score (nSPS) is 16.9. The molecule has 2 heterocycles. The average Bonchev–Trinajstić information content (AvgIpc) is 3.43. The highest BCUT2D eigenvalue weighted by Gasteiger charge is 2.32. The van der Waals surface area contributed by atoms with E-state index in [0.717, 1.165) is 48.6 Å². The van der Waals surface area contributed by atoms with Crippen molar-refractivity contribution in [2.24, 2.45) is 0 Å². The second-order valence-corrected chi connectivity index (χ2v) is 12.3. The van der Waals surface area contributed by atoms with Crippen LogP contribution in [0.2, 0.25) is 5.02 Å². The molecule has 5 rings (SSSR count). The number of hydrogen-bond acceptors (Lipinski definition) is 6. The lowest BCUT2D eigenvalue weighted by Gasteiger charge is -2.36. The first-order valence-electron chi connectivity index (χ1n) is 13.0. The molecule has 1 saturated heterocycles. The Balaban J connectivity index is 1.41. The largest absolute Gasteiger partial charge is 0.367 e. The Bertz CT molecular complexity index is 1600. The molecule has 40 heavy (non-hydrogen) atoms. The predicted octanol–water partition coefficient (Wildman–Crippen LogP) is 4.29. The van der Waals surface area contributed by atoms with Crippen molar-refractivity contribution in [2.45, 2.75) is 43.4 Å². The summed E-state index contributed by atoms with van der Waals surface area (Å²) in [5, 5.41) is 6.91. The van der Waals surface area contributed by atoms with Crippen LogP contribution in [-0.2, 0) is 14.8 Å². The molecule has 0 unspecified atom stereocenters. The number of amides is 1. The van der Waals surface area contributed by atoms with E-state index in [1.54, 1.807) is 0 Å². The maximum Gasteiger partial charge on any atom is 0.277 e. The van der Waals surface area contributed by atoms with E-state index < -0.39 is 27.2 Å². The van der Waals surface area contributed by atoms with Gasteiger partial charge < -0.3 is 10.2 Å². The highest BCUT2D eigenvalue weighted by Crippen LogP contribution is 2.37. The second kappa shape index (κ2) is 11.3. The molecular formula is C27H28ClF2N5O4S. The van der Waals surface area contributed by atoms with Crippen LogP contribution in [0.4, 0.5) is 20.2 Å². The fourth-order valence-corrected chi connectivity index (χ4v) is 7.16. The molecule has 2 fully saturated rings. The van der Waals surface area contributed by atoms with Crippen LogP contribution in [0, 0.1) is 11.6 Å². The van der Waals surface area contributed by atoms with E-state index in [1.165, 1.54) is 35.6 Å². The van der Waals surface area contributed by atoms with Gasteiger partial charge in [-0.25, -0.2) is 17.2 Å². The highest BCUT2D eigenvalue weighted by atomic mass is 35.5. The van der Waals surface area contributed by atoms with Crippen molar-refractivity contribution >= 4 is 38.9 Å². The predicted molar refractivity (Wildman–Crippen MR) is 148 cm³/mol. The van der Waals surface area contributed by atoms with Crippen molar-refractivity contribution in [3.63, 3.8) is 0 Å². The van der Waals surface area contributed by atoms with Gasteiger partial charge in [0.2, 0.25) is 15.9 Å². The van der Waals surface area contributed by atoms with Crippen LogP contribution in [0.15, 0.2) is 52.3 Å². The Labute approximate surface area is 235 Å². The average molecular weight is 592 g/mol. The van der Waals surface area contributed by atoms with Gasteiger partial charge in [-0.15, -0.1) is 0 Å². The molecule has 1 aromatic heterocycles. The molecule has 3 aromatic rings. The maximum absolute atomic E-state index is 13.9. The number of carbonyl (C=O) groups is 1. The van der Waals surface area contributed by atoms with Gasteiger partial charge in [0.15, 0.2) is 0 Å². The van der Waals surface area contributed by atoms with E-state index in [1.807, 2.05) is 4.90 Å². The number of carbonyl (C=O) groups excluding carboxylic acids is 1. The van der Waals surface area contributed by atoms with E-state index in [-0.39, 0.29) is 40.5 Å². The van der Waals surface area contributed by atoms with Crippen molar-refractivity contribution in [1.29, 1.82) is 0 Å². The molecule has 212 valence electrons. The number of halogens is 3. The number of nitrogens with one attached hydrogen (secondary N) is 1. The number of rotatable bonds is 6. The van der Waals surface area contributed by atoms with Crippen LogP contribution in [0.25, 0.3) is 5.69 Å². The third-order valence-electron chi connectivity index (χ3n) is 7.32. The smallest absolute Gasteiger partial charge is 0.277 e. The van der Waals surface area contributed by atoms with Crippen LogP contribution in [0.5, 0.6) is 0 Å². The molecule has 0 spiro atoms. The molecule has 2 aromatic carbocycles. The number of nitrogens with zero attached hydrogens (tertiary/aromatic N) is 4. The van der Waals surface area contributed by atoms with E-state index in [4.69, 9.17) is 11.6 Å². The molecule has 0 radical (unpaired) electrons. The quantitative estimate of drug-likeness (QED) is 0.459. The summed E-state index contributed by atoms with van der Waals surface area (Å²) in [6, 6.07) is 7.02. The van der Waals surface area contributed by atoms with Gasteiger partial charge in [0.25, 0.3) is 5.56 Å². The standard InChI is InChI=1S/C27H28ClF2N5O4S/c1-17(36)32-24-7-6-22(15-23(24)28)40(38,39)34-10-8-33(9-11-34)25-16-31-35(21-13-19(29)12-20(30)14-21)27(37)26(25)18-4-2-3-5-18/h6-7,12-16,18H,2-5,8-11H2,1H3,(H,32,36). The summed E-state index contributed by atoms with van der Waals surface area (Å²) in [5.41, 5.74) is 1.05. The fraction of sp³-hybridized carbons (Fsp3) is 0.370. The van der Waals surface area contributed by atoms with Crippen LogP contribution < -0.4 is 15.8 Å². The molecule has 1 aliphatic carbocycles. The first-order valence-corrected chi connectivity index (χ1v) is 14.8. The Kier molecular flexibility index (Phi) is 7.94. The van der Waals surface area contributed by atoms with Crippen LogP contribution in [0.3, 0.4) is 0 Å². The van der Waals surface area contributed by atoms with E-state index in [9.17, 15) is 26.8 Å². The molecule has 13 heteroatoms. The number of benzene rings is 2. The number of anilines is 2. The number of hydrogen-bond donors (Lipinski definition) is 1.